The van der Waals surface area contributed by atoms with Crippen LogP contribution < -0.4 is 0 Å². The Labute approximate surface area is 130 Å². The summed E-state index contributed by atoms with van der Waals surface area (Å²) < 4.78 is 5.12. The van der Waals surface area contributed by atoms with E-state index in [2.05, 4.69) is 21.0 Å². The standard InChI is InChI=1S/C17H20N4O/c1-14-10-17(19-22-14)13-21-8-6-20(7-9-21)12-16-4-2-15(11-18)3-5-16/h2-5,10H,6-9,12-13H2,1H3. The van der Waals surface area contributed by atoms with Gasteiger partial charge in [0.25, 0.3) is 0 Å². The highest BCUT2D eigenvalue weighted by atomic mass is 16.5. The Balaban J connectivity index is 1.48. The van der Waals surface area contributed by atoms with Crippen LogP contribution in [0.4, 0.5) is 0 Å². The zero-order chi connectivity index (χ0) is 15.4. The lowest BCUT2D eigenvalue weighted by atomic mass is 10.1. The Kier molecular flexibility index (Phi) is 4.52. The summed E-state index contributed by atoms with van der Waals surface area (Å²) in [6.45, 7) is 7.93. The molecule has 0 radical (unpaired) electrons. The fraction of sp³-hybridized carbons (Fsp3) is 0.412. The molecule has 22 heavy (non-hydrogen) atoms. The third kappa shape index (κ3) is 3.73. The molecule has 2 heterocycles. The molecule has 1 saturated heterocycles. The second-order valence-electron chi connectivity index (χ2n) is 5.79. The van der Waals surface area contributed by atoms with Gasteiger partial charge in [-0.3, -0.25) is 9.80 Å². The molecule has 1 aromatic heterocycles. The van der Waals surface area contributed by atoms with Crippen LogP contribution in [0, 0.1) is 18.3 Å². The zero-order valence-corrected chi connectivity index (χ0v) is 12.8. The number of nitrogens with zero attached hydrogens (tertiary/aromatic N) is 4. The zero-order valence-electron chi connectivity index (χ0n) is 12.8. The lowest BCUT2D eigenvalue weighted by molar-refractivity contribution is 0.120. The van der Waals surface area contributed by atoms with Crippen molar-refractivity contribution in [2.45, 2.75) is 20.0 Å². The quantitative estimate of drug-likeness (QED) is 0.865. The van der Waals surface area contributed by atoms with E-state index in [0.29, 0.717) is 0 Å². The Morgan fingerprint density at radius 3 is 2.27 bits per heavy atom. The molecule has 0 amide bonds. The fourth-order valence-electron chi connectivity index (χ4n) is 2.77. The lowest BCUT2D eigenvalue weighted by Gasteiger charge is -2.34. The van der Waals surface area contributed by atoms with E-state index >= 15 is 0 Å². The molecule has 2 aromatic rings. The third-order valence-corrected chi connectivity index (χ3v) is 4.02. The van der Waals surface area contributed by atoms with Crippen LogP contribution >= 0.6 is 0 Å². The van der Waals surface area contributed by atoms with Gasteiger partial charge in [0, 0.05) is 45.3 Å². The number of hydrogen-bond donors (Lipinski definition) is 0. The predicted molar refractivity (Wildman–Crippen MR) is 83.0 cm³/mol. The van der Waals surface area contributed by atoms with Crippen molar-refractivity contribution in [1.29, 1.82) is 5.26 Å². The van der Waals surface area contributed by atoms with E-state index in [0.717, 1.165) is 56.3 Å². The van der Waals surface area contributed by atoms with Gasteiger partial charge in [0.05, 0.1) is 17.3 Å². The molecule has 1 fully saturated rings. The molecule has 0 aliphatic carbocycles. The van der Waals surface area contributed by atoms with Crippen LogP contribution in [0.3, 0.4) is 0 Å². The van der Waals surface area contributed by atoms with E-state index in [4.69, 9.17) is 9.78 Å². The van der Waals surface area contributed by atoms with Crippen LogP contribution in [0.25, 0.3) is 0 Å². The minimum Gasteiger partial charge on any atom is -0.361 e. The molecule has 0 bridgehead atoms. The molecular formula is C17H20N4O. The molecule has 114 valence electrons. The van der Waals surface area contributed by atoms with Crippen LogP contribution in [-0.4, -0.2) is 41.1 Å². The first-order chi connectivity index (χ1) is 10.7. The summed E-state index contributed by atoms with van der Waals surface area (Å²) in [6.07, 6.45) is 0. The maximum atomic E-state index is 8.82. The lowest BCUT2D eigenvalue weighted by Crippen LogP contribution is -2.45. The largest absolute Gasteiger partial charge is 0.361 e. The van der Waals surface area contributed by atoms with E-state index < -0.39 is 0 Å². The van der Waals surface area contributed by atoms with Gasteiger partial charge in [-0.1, -0.05) is 17.3 Å². The molecule has 0 N–H and O–H groups in total. The number of benzene rings is 1. The molecule has 0 atom stereocenters. The van der Waals surface area contributed by atoms with Crippen molar-refractivity contribution >= 4 is 0 Å². The number of nitriles is 1. The highest BCUT2D eigenvalue weighted by molar-refractivity contribution is 5.31. The smallest absolute Gasteiger partial charge is 0.133 e. The van der Waals surface area contributed by atoms with Crippen LogP contribution in [0.1, 0.15) is 22.6 Å². The summed E-state index contributed by atoms with van der Waals surface area (Å²) >= 11 is 0. The van der Waals surface area contributed by atoms with Gasteiger partial charge in [-0.25, -0.2) is 0 Å². The molecule has 3 rings (SSSR count). The monoisotopic (exact) mass is 296 g/mol. The summed E-state index contributed by atoms with van der Waals surface area (Å²) in [5, 5.41) is 12.9. The number of piperazine rings is 1. The molecule has 0 spiro atoms. The van der Waals surface area contributed by atoms with Gasteiger partial charge in [0.2, 0.25) is 0 Å². The number of aryl methyl sites for hydroxylation is 1. The van der Waals surface area contributed by atoms with Gasteiger partial charge in [0.15, 0.2) is 0 Å². The molecule has 1 aliphatic heterocycles. The Bertz CT molecular complexity index is 648. The van der Waals surface area contributed by atoms with Crippen molar-refractivity contribution in [2.75, 3.05) is 26.2 Å². The second-order valence-corrected chi connectivity index (χ2v) is 5.79. The van der Waals surface area contributed by atoms with Crippen molar-refractivity contribution in [2.24, 2.45) is 0 Å². The minimum absolute atomic E-state index is 0.719. The van der Waals surface area contributed by atoms with Crippen molar-refractivity contribution < 1.29 is 4.52 Å². The summed E-state index contributed by atoms with van der Waals surface area (Å²) in [5.74, 6) is 0.870. The van der Waals surface area contributed by atoms with E-state index in [1.165, 1.54) is 5.56 Å². The molecule has 0 saturated carbocycles. The van der Waals surface area contributed by atoms with Crippen LogP contribution in [-0.2, 0) is 13.1 Å². The Morgan fingerprint density at radius 2 is 1.73 bits per heavy atom. The van der Waals surface area contributed by atoms with Crippen molar-refractivity contribution in [3.63, 3.8) is 0 Å². The van der Waals surface area contributed by atoms with E-state index in [1.54, 1.807) is 0 Å². The van der Waals surface area contributed by atoms with Crippen LogP contribution in [0.15, 0.2) is 34.9 Å². The van der Waals surface area contributed by atoms with Gasteiger partial charge in [-0.2, -0.15) is 5.26 Å². The SMILES string of the molecule is Cc1cc(CN2CCN(Cc3ccc(C#N)cc3)CC2)no1. The van der Waals surface area contributed by atoms with E-state index in [-0.39, 0.29) is 0 Å². The molecule has 5 nitrogen and oxygen atoms in total. The van der Waals surface area contributed by atoms with E-state index in [9.17, 15) is 0 Å². The van der Waals surface area contributed by atoms with Gasteiger partial charge in [0.1, 0.15) is 5.76 Å². The molecular weight excluding hydrogens is 276 g/mol. The van der Waals surface area contributed by atoms with Crippen LogP contribution in [0.5, 0.6) is 0 Å². The normalized spacial score (nSPS) is 16.5. The maximum Gasteiger partial charge on any atom is 0.133 e. The van der Waals surface area contributed by atoms with E-state index in [1.807, 2.05) is 37.3 Å². The highest BCUT2D eigenvalue weighted by Crippen LogP contribution is 2.12. The minimum atomic E-state index is 0.719. The van der Waals surface area contributed by atoms with Gasteiger partial charge < -0.3 is 4.52 Å². The van der Waals surface area contributed by atoms with Gasteiger partial charge in [-0.15, -0.1) is 0 Å². The van der Waals surface area contributed by atoms with Crippen molar-refractivity contribution in [3.8, 4) is 6.07 Å². The average molecular weight is 296 g/mol. The summed E-state index contributed by atoms with van der Waals surface area (Å²) in [5.41, 5.74) is 2.99. The van der Waals surface area contributed by atoms with Crippen molar-refractivity contribution in [3.05, 3.63) is 52.9 Å². The molecule has 1 aliphatic rings. The number of rotatable bonds is 4. The molecule has 5 heteroatoms. The second kappa shape index (κ2) is 6.73. The number of aromatic nitrogens is 1. The first-order valence-corrected chi connectivity index (χ1v) is 7.59. The van der Waals surface area contributed by atoms with Crippen molar-refractivity contribution in [1.82, 2.24) is 15.0 Å². The summed E-state index contributed by atoms with van der Waals surface area (Å²) in [7, 11) is 0. The first-order valence-electron chi connectivity index (χ1n) is 7.59. The fourth-order valence-corrected chi connectivity index (χ4v) is 2.77. The molecule has 0 unspecified atom stereocenters. The predicted octanol–water partition coefficient (Wildman–Crippen LogP) is 2.17. The third-order valence-electron chi connectivity index (χ3n) is 4.02. The Hall–Kier alpha value is -2.16. The topological polar surface area (TPSA) is 56.3 Å². The summed E-state index contributed by atoms with van der Waals surface area (Å²) in [4.78, 5) is 4.86. The van der Waals surface area contributed by atoms with Gasteiger partial charge in [-0.05, 0) is 24.6 Å². The number of hydrogen-bond acceptors (Lipinski definition) is 5. The first kappa shape index (κ1) is 14.8. The average Bonchev–Trinajstić information content (AvgIpc) is 2.95. The molecule has 1 aromatic carbocycles. The van der Waals surface area contributed by atoms with Crippen LogP contribution in [0.2, 0.25) is 0 Å². The Morgan fingerprint density at radius 1 is 1.09 bits per heavy atom. The maximum absolute atomic E-state index is 8.82. The van der Waals surface area contributed by atoms with Gasteiger partial charge >= 0.3 is 0 Å². The highest BCUT2D eigenvalue weighted by Gasteiger charge is 2.18. The summed E-state index contributed by atoms with van der Waals surface area (Å²) in [6, 6.07) is 12.0.